The van der Waals surface area contributed by atoms with E-state index in [1.165, 1.54) is 12.1 Å². The Labute approximate surface area is 119 Å². The van der Waals surface area contributed by atoms with Crippen molar-refractivity contribution in [2.24, 2.45) is 0 Å². The Bertz CT molecular complexity index is 606. The Morgan fingerprint density at radius 1 is 1.35 bits per heavy atom. The quantitative estimate of drug-likeness (QED) is 0.932. The lowest BCUT2D eigenvalue weighted by Gasteiger charge is -2.29. The van der Waals surface area contributed by atoms with E-state index in [9.17, 15) is 12.8 Å². The minimum Gasteiger partial charge on any atom is -0.376 e. The van der Waals surface area contributed by atoms with Gasteiger partial charge in [-0.05, 0) is 57.4 Å². The first-order chi connectivity index (χ1) is 9.16. The molecule has 112 valence electrons. The predicted octanol–water partition coefficient (Wildman–Crippen LogP) is 2.29. The summed E-state index contributed by atoms with van der Waals surface area (Å²) in [6.07, 6.45) is 0.422. The van der Waals surface area contributed by atoms with Crippen molar-refractivity contribution in [3.63, 3.8) is 0 Å². The maximum Gasteiger partial charge on any atom is 0.241 e. The Hall–Kier alpha value is -0.980. The van der Waals surface area contributed by atoms with E-state index in [0.29, 0.717) is 24.2 Å². The lowest BCUT2D eigenvalue weighted by atomic mass is 9.97. The van der Waals surface area contributed by atoms with Crippen molar-refractivity contribution in [2.75, 3.05) is 6.61 Å². The number of benzene rings is 1. The van der Waals surface area contributed by atoms with E-state index in [1.54, 1.807) is 13.8 Å². The summed E-state index contributed by atoms with van der Waals surface area (Å²) in [6.45, 7) is 7.40. The average molecular weight is 301 g/mol. The van der Waals surface area contributed by atoms with Gasteiger partial charge in [0.25, 0.3) is 0 Å². The van der Waals surface area contributed by atoms with Gasteiger partial charge in [-0.25, -0.2) is 17.5 Å². The monoisotopic (exact) mass is 301 g/mol. The molecule has 0 radical (unpaired) electrons. The summed E-state index contributed by atoms with van der Waals surface area (Å²) in [6, 6.07) is 2.47. The molecule has 1 N–H and O–H groups in total. The third kappa shape index (κ3) is 2.73. The average Bonchev–Trinajstić information content (AvgIpc) is 2.55. The maximum absolute atomic E-state index is 13.3. The van der Waals surface area contributed by atoms with Gasteiger partial charge in [-0.2, -0.15) is 0 Å². The number of nitrogens with one attached hydrogen (secondary N) is 1. The van der Waals surface area contributed by atoms with Gasteiger partial charge in [-0.1, -0.05) is 0 Å². The van der Waals surface area contributed by atoms with Crippen molar-refractivity contribution >= 4 is 10.0 Å². The fourth-order valence-electron chi connectivity index (χ4n) is 2.65. The van der Waals surface area contributed by atoms with Crippen molar-refractivity contribution in [1.29, 1.82) is 0 Å². The molecule has 6 heteroatoms. The van der Waals surface area contributed by atoms with Gasteiger partial charge in [0, 0.05) is 6.61 Å². The minimum atomic E-state index is -3.71. The molecule has 0 saturated carbocycles. The van der Waals surface area contributed by atoms with Gasteiger partial charge in [0.1, 0.15) is 5.82 Å². The number of hydrogen-bond donors (Lipinski definition) is 1. The Balaban J connectivity index is 2.42. The smallest absolute Gasteiger partial charge is 0.241 e. The van der Waals surface area contributed by atoms with Gasteiger partial charge in [0.15, 0.2) is 0 Å². The number of hydrogen-bond acceptors (Lipinski definition) is 3. The van der Waals surface area contributed by atoms with Crippen LogP contribution in [0, 0.1) is 19.7 Å². The zero-order chi connectivity index (χ0) is 15.1. The summed E-state index contributed by atoms with van der Waals surface area (Å²) in [7, 11) is -3.71. The third-order valence-corrected chi connectivity index (χ3v) is 5.86. The Kier molecular flexibility index (Phi) is 3.92. The van der Waals surface area contributed by atoms with E-state index in [1.807, 2.05) is 13.8 Å². The second-order valence-electron chi connectivity index (χ2n) is 5.65. The first-order valence-electron chi connectivity index (χ1n) is 6.58. The first kappa shape index (κ1) is 15.4. The largest absolute Gasteiger partial charge is 0.376 e. The fourth-order valence-corrected chi connectivity index (χ4v) is 4.60. The number of aryl methyl sites for hydroxylation is 2. The topological polar surface area (TPSA) is 55.4 Å². The molecule has 1 aliphatic heterocycles. The lowest BCUT2D eigenvalue weighted by Crippen LogP contribution is -2.50. The van der Waals surface area contributed by atoms with Crippen LogP contribution in [-0.2, 0) is 14.8 Å². The van der Waals surface area contributed by atoms with Crippen LogP contribution in [0.2, 0.25) is 0 Å². The summed E-state index contributed by atoms with van der Waals surface area (Å²) in [5.74, 6) is -0.428. The molecule has 0 aliphatic carbocycles. The van der Waals surface area contributed by atoms with E-state index in [-0.39, 0.29) is 11.0 Å². The Morgan fingerprint density at radius 2 is 1.90 bits per heavy atom. The molecule has 2 rings (SSSR count). The molecular weight excluding hydrogens is 281 g/mol. The molecule has 1 aromatic rings. The predicted molar refractivity (Wildman–Crippen MR) is 74.6 cm³/mol. The first-order valence-corrected chi connectivity index (χ1v) is 8.06. The second kappa shape index (κ2) is 5.09. The van der Waals surface area contributed by atoms with Crippen LogP contribution in [0.3, 0.4) is 0 Å². The van der Waals surface area contributed by atoms with E-state index >= 15 is 0 Å². The van der Waals surface area contributed by atoms with Crippen LogP contribution < -0.4 is 4.72 Å². The highest BCUT2D eigenvalue weighted by Gasteiger charge is 2.41. The molecule has 0 spiro atoms. The zero-order valence-electron chi connectivity index (χ0n) is 12.2. The normalized spacial score (nSPS) is 26.9. The van der Waals surface area contributed by atoms with Crippen LogP contribution in [0.25, 0.3) is 0 Å². The Morgan fingerprint density at radius 3 is 2.35 bits per heavy atom. The summed E-state index contributed by atoms with van der Waals surface area (Å²) in [4.78, 5) is 0.152. The molecule has 1 heterocycles. The summed E-state index contributed by atoms with van der Waals surface area (Å²) in [5.41, 5.74) is 0.182. The third-order valence-electron chi connectivity index (χ3n) is 3.95. The lowest BCUT2D eigenvalue weighted by molar-refractivity contribution is 0.0957. The van der Waals surface area contributed by atoms with Gasteiger partial charge < -0.3 is 4.74 Å². The van der Waals surface area contributed by atoms with Crippen LogP contribution in [0.1, 0.15) is 31.4 Å². The highest BCUT2D eigenvalue weighted by molar-refractivity contribution is 7.89. The molecule has 0 aromatic heterocycles. The highest BCUT2D eigenvalue weighted by Crippen LogP contribution is 2.29. The van der Waals surface area contributed by atoms with Crippen molar-refractivity contribution in [2.45, 2.75) is 50.7 Å². The molecule has 4 nitrogen and oxygen atoms in total. The van der Waals surface area contributed by atoms with Gasteiger partial charge in [-0.15, -0.1) is 0 Å². The number of rotatable bonds is 3. The summed E-state index contributed by atoms with van der Waals surface area (Å²) >= 11 is 0. The highest BCUT2D eigenvalue weighted by atomic mass is 32.2. The molecule has 1 aliphatic rings. The van der Waals surface area contributed by atoms with Gasteiger partial charge in [0.05, 0.1) is 16.5 Å². The van der Waals surface area contributed by atoms with Crippen molar-refractivity contribution in [3.05, 3.63) is 29.1 Å². The van der Waals surface area contributed by atoms with Gasteiger partial charge in [-0.3, -0.25) is 0 Å². The summed E-state index contributed by atoms with van der Waals surface area (Å²) < 4.78 is 46.7. The van der Waals surface area contributed by atoms with E-state index in [0.717, 1.165) is 0 Å². The van der Waals surface area contributed by atoms with E-state index in [2.05, 4.69) is 4.72 Å². The molecular formula is C14H20FNO3S. The molecule has 2 unspecified atom stereocenters. The number of sulfonamides is 1. The molecule has 20 heavy (non-hydrogen) atoms. The molecule has 1 aromatic carbocycles. The van der Waals surface area contributed by atoms with Crippen LogP contribution in [-0.4, -0.2) is 26.7 Å². The summed E-state index contributed by atoms with van der Waals surface area (Å²) in [5, 5.41) is 0. The SMILES string of the molecule is Cc1cc(F)cc(C)c1S(=O)(=O)NC1(C)CCOC1C. The molecule has 1 fully saturated rings. The second-order valence-corrected chi connectivity index (χ2v) is 7.27. The zero-order valence-corrected chi connectivity index (χ0v) is 13.0. The van der Waals surface area contributed by atoms with Crippen LogP contribution in [0.5, 0.6) is 0 Å². The van der Waals surface area contributed by atoms with Crippen molar-refractivity contribution in [3.8, 4) is 0 Å². The molecule has 0 bridgehead atoms. The van der Waals surface area contributed by atoms with E-state index in [4.69, 9.17) is 4.74 Å². The fraction of sp³-hybridized carbons (Fsp3) is 0.571. The minimum absolute atomic E-state index is 0.152. The number of ether oxygens (including phenoxy) is 1. The standard InChI is InChI=1S/C14H20FNO3S/c1-9-7-12(15)8-10(2)13(9)20(17,18)16-14(4)5-6-19-11(14)3/h7-8,11,16H,5-6H2,1-4H3. The molecule has 1 saturated heterocycles. The van der Waals surface area contributed by atoms with E-state index < -0.39 is 21.4 Å². The van der Waals surface area contributed by atoms with Crippen LogP contribution >= 0.6 is 0 Å². The van der Waals surface area contributed by atoms with Crippen molar-refractivity contribution in [1.82, 2.24) is 4.72 Å². The number of halogens is 1. The van der Waals surface area contributed by atoms with Gasteiger partial charge in [0.2, 0.25) is 10.0 Å². The van der Waals surface area contributed by atoms with Crippen LogP contribution in [0.15, 0.2) is 17.0 Å². The van der Waals surface area contributed by atoms with Crippen molar-refractivity contribution < 1.29 is 17.5 Å². The molecule has 0 amide bonds. The van der Waals surface area contributed by atoms with Crippen LogP contribution in [0.4, 0.5) is 4.39 Å². The molecule has 2 atom stereocenters. The van der Waals surface area contributed by atoms with Gasteiger partial charge >= 0.3 is 0 Å². The maximum atomic E-state index is 13.3.